The number of aliphatic imine (C=N–C) groups is 1. The zero-order valence-electron chi connectivity index (χ0n) is 18.0. The number of benzene rings is 2. The summed E-state index contributed by atoms with van der Waals surface area (Å²) in [5.74, 6) is -0.384. The third-order valence-corrected chi connectivity index (χ3v) is 5.37. The number of piperidine rings is 1. The molecule has 31 heavy (non-hydrogen) atoms. The molecule has 0 atom stereocenters. The Morgan fingerprint density at radius 3 is 2.65 bits per heavy atom. The van der Waals surface area contributed by atoms with Gasteiger partial charge in [-0.1, -0.05) is 18.2 Å². The topological polar surface area (TPSA) is 69.1 Å². The second kappa shape index (κ2) is 10.9. The minimum absolute atomic E-state index is 0.107. The van der Waals surface area contributed by atoms with Crippen LogP contribution in [0.4, 0.5) is 8.78 Å². The number of phenolic OH excluding ortho intramolecular Hbond substituents is 1. The first-order valence-electron chi connectivity index (χ1n) is 10.6. The number of ether oxygens (including phenoxy) is 1. The van der Waals surface area contributed by atoms with Crippen LogP contribution in [0.15, 0.2) is 41.4 Å². The van der Waals surface area contributed by atoms with Crippen LogP contribution >= 0.6 is 0 Å². The molecular formula is C23H30F2N4O2. The molecule has 0 radical (unpaired) electrons. The number of likely N-dealkylation sites (tertiary alicyclic amines) is 1. The number of aromatic hydroxyl groups is 1. The van der Waals surface area contributed by atoms with E-state index in [1.165, 1.54) is 19.2 Å². The van der Waals surface area contributed by atoms with Gasteiger partial charge < -0.3 is 20.5 Å². The number of methoxy groups -OCH3 is 1. The molecule has 6 nitrogen and oxygen atoms in total. The van der Waals surface area contributed by atoms with Crippen LogP contribution in [0.5, 0.6) is 11.5 Å². The fraction of sp³-hybridized carbons (Fsp3) is 0.435. The summed E-state index contributed by atoms with van der Waals surface area (Å²) < 4.78 is 31.7. The van der Waals surface area contributed by atoms with E-state index < -0.39 is 11.6 Å². The van der Waals surface area contributed by atoms with Crippen molar-refractivity contribution in [1.82, 2.24) is 15.5 Å². The summed E-state index contributed by atoms with van der Waals surface area (Å²) in [7, 11) is 1.52. The van der Waals surface area contributed by atoms with Crippen molar-refractivity contribution in [2.45, 2.75) is 38.9 Å². The van der Waals surface area contributed by atoms with Crippen molar-refractivity contribution in [1.29, 1.82) is 0 Å². The van der Waals surface area contributed by atoms with Crippen LogP contribution in [0.1, 0.15) is 30.9 Å². The van der Waals surface area contributed by atoms with Gasteiger partial charge in [0.25, 0.3) is 0 Å². The number of guanidine groups is 1. The molecule has 3 N–H and O–H groups in total. The monoisotopic (exact) mass is 432 g/mol. The van der Waals surface area contributed by atoms with Gasteiger partial charge in [0.2, 0.25) is 0 Å². The van der Waals surface area contributed by atoms with Gasteiger partial charge in [-0.2, -0.15) is 0 Å². The predicted molar refractivity (Wildman–Crippen MR) is 117 cm³/mol. The summed E-state index contributed by atoms with van der Waals surface area (Å²) >= 11 is 0. The van der Waals surface area contributed by atoms with E-state index in [-0.39, 0.29) is 11.8 Å². The van der Waals surface area contributed by atoms with E-state index in [1.807, 2.05) is 19.1 Å². The molecule has 1 aliphatic rings. The van der Waals surface area contributed by atoms with Crippen molar-refractivity contribution in [3.8, 4) is 11.5 Å². The molecule has 1 saturated heterocycles. The van der Waals surface area contributed by atoms with Gasteiger partial charge in [0.1, 0.15) is 0 Å². The Morgan fingerprint density at radius 2 is 1.97 bits per heavy atom. The minimum atomic E-state index is -0.816. The average molecular weight is 433 g/mol. The van der Waals surface area contributed by atoms with E-state index in [4.69, 9.17) is 4.74 Å². The lowest BCUT2D eigenvalue weighted by Gasteiger charge is -2.33. The van der Waals surface area contributed by atoms with Gasteiger partial charge in [0.15, 0.2) is 29.1 Å². The normalized spacial score (nSPS) is 15.7. The van der Waals surface area contributed by atoms with Crippen molar-refractivity contribution in [3.63, 3.8) is 0 Å². The Kier molecular flexibility index (Phi) is 8.06. The second-order valence-corrected chi connectivity index (χ2v) is 7.61. The predicted octanol–water partition coefficient (Wildman–Crippen LogP) is 3.40. The number of rotatable bonds is 7. The van der Waals surface area contributed by atoms with Gasteiger partial charge in [-0.15, -0.1) is 0 Å². The highest BCUT2D eigenvalue weighted by Gasteiger charge is 2.20. The van der Waals surface area contributed by atoms with Crippen LogP contribution in [-0.2, 0) is 13.1 Å². The van der Waals surface area contributed by atoms with Crippen molar-refractivity contribution in [2.24, 2.45) is 4.99 Å². The summed E-state index contributed by atoms with van der Waals surface area (Å²) in [5, 5.41) is 17.0. The molecule has 3 rings (SSSR count). The lowest BCUT2D eigenvalue weighted by Crippen LogP contribution is -2.48. The molecule has 2 aromatic rings. The maximum Gasteiger partial charge on any atom is 0.191 e. The molecule has 2 aromatic carbocycles. The maximum absolute atomic E-state index is 13.4. The van der Waals surface area contributed by atoms with E-state index in [2.05, 4.69) is 20.5 Å². The van der Waals surface area contributed by atoms with Crippen molar-refractivity contribution in [2.75, 3.05) is 26.7 Å². The van der Waals surface area contributed by atoms with Gasteiger partial charge in [0.05, 0.1) is 13.7 Å². The van der Waals surface area contributed by atoms with E-state index in [0.29, 0.717) is 30.4 Å². The van der Waals surface area contributed by atoms with Gasteiger partial charge in [-0.3, -0.25) is 4.90 Å². The van der Waals surface area contributed by atoms with E-state index in [9.17, 15) is 13.9 Å². The number of halogens is 2. The van der Waals surface area contributed by atoms with Gasteiger partial charge in [-0.25, -0.2) is 13.8 Å². The zero-order valence-corrected chi connectivity index (χ0v) is 18.0. The van der Waals surface area contributed by atoms with Crippen LogP contribution in [0.3, 0.4) is 0 Å². The van der Waals surface area contributed by atoms with E-state index >= 15 is 0 Å². The molecule has 0 aliphatic carbocycles. The van der Waals surface area contributed by atoms with Crippen molar-refractivity contribution >= 4 is 5.96 Å². The molecule has 0 bridgehead atoms. The SMILES string of the molecule is CCNC(=NCc1cccc(OC)c1O)NC1CCN(Cc2ccc(F)c(F)c2)CC1. The standard InChI is InChI=1S/C23H30F2N4O2/c1-3-26-23(27-14-17-5-4-6-21(31-2)22(17)30)28-18-9-11-29(12-10-18)15-16-7-8-19(24)20(25)13-16/h4-8,13,18,30H,3,9-12,14-15H2,1-2H3,(H2,26,27,28). The molecule has 0 spiro atoms. The highest BCUT2D eigenvalue weighted by Crippen LogP contribution is 2.29. The quantitative estimate of drug-likeness (QED) is 0.462. The number of nitrogens with one attached hydrogen (secondary N) is 2. The summed E-state index contributed by atoms with van der Waals surface area (Å²) in [6, 6.07) is 9.70. The lowest BCUT2D eigenvalue weighted by atomic mass is 10.0. The highest BCUT2D eigenvalue weighted by molar-refractivity contribution is 5.80. The third-order valence-electron chi connectivity index (χ3n) is 5.37. The molecule has 168 valence electrons. The number of hydrogen-bond acceptors (Lipinski definition) is 4. The van der Waals surface area contributed by atoms with Crippen LogP contribution < -0.4 is 15.4 Å². The smallest absolute Gasteiger partial charge is 0.191 e. The Hall–Kier alpha value is -2.87. The maximum atomic E-state index is 13.4. The summed E-state index contributed by atoms with van der Waals surface area (Å²) in [5.41, 5.74) is 1.47. The molecule has 0 saturated carbocycles. The van der Waals surface area contributed by atoms with Crippen molar-refractivity contribution < 1.29 is 18.6 Å². The average Bonchev–Trinajstić information content (AvgIpc) is 2.77. The summed E-state index contributed by atoms with van der Waals surface area (Å²) in [6.07, 6.45) is 1.83. The largest absolute Gasteiger partial charge is 0.504 e. The van der Waals surface area contributed by atoms with E-state index in [0.717, 1.165) is 38.0 Å². The Bertz CT molecular complexity index is 899. The molecule has 1 heterocycles. The molecular weight excluding hydrogens is 402 g/mol. The Morgan fingerprint density at radius 1 is 1.19 bits per heavy atom. The van der Waals surface area contributed by atoms with Gasteiger partial charge in [-0.05, 0) is 43.5 Å². The lowest BCUT2D eigenvalue weighted by molar-refractivity contribution is 0.198. The first-order valence-corrected chi connectivity index (χ1v) is 10.6. The minimum Gasteiger partial charge on any atom is -0.504 e. The molecule has 0 aromatic heterocycles. The number of phenols is 1. The first-order chi connectivity index (χ1) is 15.0. The second-order valence-electron chi connectivity index (χ2n) is 7.61. The van der Waals surface area contributed by atoms with Crippen LogP contribution in [0, 0.1) is 11.6 Å². The first kappa shape index (κ1) is 22.8. The van der Waals surface area contributed by atoms with Crippen LogP contribution in [-0.4, -0.2) is 48.8 Å². The molecule has 8 heteroatoms. The van der Waals surface area contributed by atoms with Crippen LogP contribution in [0.25, 0.3) is 0 Å². The zero-order chi connectivity index (χ0) is 22.2. The van der Waals surface area contributed by atoms with Crippen LogP contribution in [0.2, 0.25) is 0 Å². The Labute approximate surface area is 181 Å². The summed E-state index contributed by atoms with van der Waals surface area (Å²) in [4.78, 5) is 6.85. The molecule has 1 aliphatic heterocycles. The fourth-order valence-electron chi connectivity index (χ4n) is 3.67. The number of hydrogen-bond donors (Lipinski definition) is 3. The third kappa shape index (κ3) is 6.30. The summed E-state index contributed by atoms with van der Waals surface area (Å²) in [6.45, 7) is 5.37. The van der Waals surface area contributed by atoms with Gasteiger partial charge >= 0.3 is 0 Å². The highest BCUT2D eigenvalue weighted by atomic mass is 19.2. The number of nitrogens with zero attached hydrogens (tertiary/aromatic N) is 2. The van der Waals surface area contributed by atoms with Gasteiger partial charge in [0, 0.05) is 37.8 Å². The van der Waals surface area contributed by atoms with Crippen molar-refractivity contribution in [3.05, 3.63) is 59.2 Å². The molecule has 0 unspecified atom stereocenters. The fourth-order valence-corrected chi connectivity index (χ4v) is 3.67. The Balaban J connectivity index is 1.54. The molecule has 0 amide bonds. The number of para-hydroxylation sites is 1. The molecule has 1 fully saturated rings. The van der Waals surface area contributed by atoms with E-state index in [1.54, 1.807) is 12.1 Å².